The Bertz CT molecular complexity index is 379. The molecule has 0 amide bonds. The van der Waals surface area contributed by atoms with Crippen molar-refractivity contribution < 1.29 is 8.42 Å². The maximum Gasteiger partial charge on any atom is 0.232 e. The molecular formula is C8H14N4O2S. The van der Waals surface area contributed by atoms with Gasteiger partial charge < -0.3 is 5.32 Å². The number of nitrogens with zero attached hydrogens (tertiary/aromatic N) is 2. The minimum atomic E-state index is -3.28. The molecule has 7 heteroatoms. The molecule has 1 heterocycles. The predicted octanol–water partition coefficient (Wildman–Crippen LogP) is -0.172. The van der Waals surface area contributed by atoms with Crippen molar-refractivity contribution in [3.63, 3.8) is 0 Å². The Morgan fingerprint density at radius 2 is 2.00 bits per heavy atom. The van der Waals surface area contributed by atoms with Crippen molar-refractivity contribution in [2.75, 3.05) is 24.1 Å². The molecule has 0 radical (unpaired) electrons. The highest BCUT2D eigenvalue weighted by Crippen LogP contribution is 2.04. The fourth-order valence-electron chi connectivity index (χ4n) is 1.02. The summed E-state index contributed by atoms with van der Waals surface area (Å²) in [6.07, 6.45) is 4.75. The van der Waals surface area contributed by atoms with E-state index in [-0.39, 0.29) is 5.75 Å². The molecule has 15 heavy (non-hydrogen) atoms. The van der Waals surface area contributed by atoms with Gasteiger partial charge in [-0.2, -0.15) is 0 Å². The fraction of sp³-hybridized carbons (Fsp3) is 0.500. The normalized spacial score (nSPS) is 11.3. The Balaban J connectivity index is 2.50. The topological polar surface area (TPSA) is 84.0 Å². The molecule has 0 aliphatic rings. The molecule has 0 atom stereocenters. The standard InChI is InChI=1S/C8H14N4O2S/c1-9-3-2-4-15(13,14)12-8-5-10-7-11-6-8/h5-7,9,12H,2-4H2,1H3. The highest BCUT2D eigenvalue weighted by molar-refractivity contribution is 7.92. The van der Waals surface area contributed by atoms with E-state index in [1.807, 2.05) is 0 Å². The second-order valence-electron chi connectivity index (χ2n) is 3.01. The summed E-state index contributed by atoms with van der Waals surface area (Å²) in [5, 5.41) is 2.89. The van der Waals surface area contributed by atoms with E-state index in [1.54, 1.807) is 7.05 Å². The first kappa shape index (κ1) is 11.9. The van der Waals surface area contributed by atoms with Crippen LogP contribution in [-0.4, -0.2) is 37.7 Å². The highest BCUT2D eigenvalue weighted by atomic mass is 32.2. The number of hydrogen-bond acceptors (Lipinski definition) is 5. The highest BCUT2D eigenvalue weighted by Gasteiger charge is 2.09. The third kappa shape index (κ3) is 4.71. The van der Waals surface area contributed by atoms with Crippen molar-refractivity contribution in [2.45, 2.75) is 6.42 Å². The van der Waals surface area contributed by atoms with Crippen molar-refractivity contribution in [3.05, 3.63) is 18.7 Å². The minimum absolute atomic E-state index is 0.0860. The first-order valence-electron chi connectivity index (χ1n) is 4.54. The molecule has 0 unspecified atom stereocenters. The van der Waals surface area contributed by atoms with Gasteiger partial charge in [0.15, 0.2) is 0 Å². The van der Waals surface area contributed by atoms with Gasteiger partial charge in [0, 0.05) is 0 Å². The van der Waals surface area contributed by atoms with Gasteiger partial charge in [-0.15, -0.1) is 0 Å². The maximum atomic E-state index is 11.5. The lowest BCUT2D eigenvalue weighted by atomic mass is 10.5. The average Bonchev–Trinajstić information content (AvgIpc) is 2.18. The van der Waals surface area contributed by atoms with Crippen LogP contribution in [0.5, 0.6) is 0 Å². The molecule has 0 aromatic carbocycles. The summed E-state index contributed by atoms with van der Waals surface area (Å²) in [4.78, 5) is 7.43. The van der Waals surface area contributed by atoms with Crippen LogP contribution in [0.3, 0.4) is 0 Å². The van der Waals surface area contributed by atoms with E-state index in [9.17, 15) is 8.42 Å². The monoisotopic (exact) mass is 230 g/mol. The zero-order chi connectivity index (χ0) is 11.1. The Morgan fingerprint density at radius 1 is 1.33 bits per heavy atom. The van der Waals surface area contributed by atoms with Crippen LogP contribution in [0.4, 0.5) is 5.69 Å². The minimum Gasteiger partial charge on any atom is -0.320 e. The van der Waals surface area contributed by atoms with Crippen LogP contribution >= 0.6 is 0 Å². The lowest BCUT2D eigenvalue weighted by Crippen LogP contribution is -2.20. The van der Waals surface area contributed by atoms with E-state index in [0.717, 1.165) is 0 Å². The van der Waals surface area contributed by atoms with Crippen LogP contribution in [0, 0.1) is 0 Å². The second kappa shape index (κ2) is 5.62. The Hall–Kier alpha value is -1.21. The van der Waals surface area contributed by atoms with E-state index in [2.05, 4.69) is 20.0 Å². The summed E-state index contributed by atoms with van der Waals surface area (Å²) >= 11 is 0. The molecule has 0 saturated carbocycles. The number of anilines is 1. The van der Waals surface area contributed by atoms with E-state index in [0.29, 0.717) is 18.7 Å². The number of hydrogen-bond donors (Lipinski definition) is 2. The molecule has 0 bridgehead atoms. The SMILES string of the molecule is CNCCCS(=O)(=O)Nc1cncnc1. The summed E-state index contributed by atoms with van der Waals surface area (Å²) in [5.41, 5.74) is 0.391. The van der Waals surface area contributed by atoms with Gasteiger partial charge in [0.1, 0.15) is 6.33 Å². The maximum absolute atomic E-state index is 11.5. The first-order valence-corrected chi connectivity index (χ1v) is 6.19. The van der Waals surface area contributed by atoms with Crippen molar-refractivity contribution in [2.24, 2.45) is 0 Å². The lowest BCUT2D eigenvalue weighted by Gasteiger charge is -2.06. The van der Waals surface area contributed by atoms with Crippen LogP contribution in [0.15, 0.2) is 18.7 Å². The van der Waals surface area contributed by atoms with Gasteiger partial charge in [-0.25, -0.2) is 18.4 Å². The Labute approximate surface area is 89.2 Å². The number of sulfonamides is 1. The van der Waals surface area contributed by atoms with Crippen molar-refractivity contribution >= 4 is 15.7 Å². The molecule has 0 aliphatic carbocycles. The van der Waals surface area contributed by atoms with E-state index in [4.69, 9.17) is 0 Å². The summed E-state index contributed by atoms with van der Waals surface area (Å²) < 4.78 is 25.4. The summed E-state index contributed by atoms with van der Waals surface area (Å²) in [5.74, 6) is 0.0860. The Morgan fingerprint density at radius 3 is 2.60 bits per heavy atom. The van der Waals surface area contributed by atoms with Gasteiger partial charge >= 0.3 is 0 Å². The van der Waals surface area contributed by atoms with E-state index < -0.39 is 10.0 Å². The van der Waals surface area contributed by atoms with Crippen molar-refractivity contribution in [3.8, 4) is 0 Å². The fourth-order valence-corrected chi connectivity index (χ4v) is 2.11. The number of aromatic nitrogens is 2. The van der Waals surface area contributed by atoms with Gasteiger partial charge in [0.2, 0.25) is 10.0 Å². The van der Waals surface area contributed by atoms with Crippen molar-refractivity contribution in [1.29, 1.82) is 0 Å². The van der Waals surface area contributed by atoms with Gasteiger partial charge in [-0.3, -0.25) is 4.72 Å². The molecule has 0 saturated heterocycles. The number of nitrogens with one attached hydrogen (secondary N) is 2. The summed E-state index contributed by atoms with van der Waals surface area (Å²) in [6, 6.07) is 0. The third-order valence-corrected chi connectivity index (χ3v) is 3.05. The van der Waals surface area contributed by atoms with E-state index in [1.165, 1.54) is 18.7 Å². The second-order valence-corrected chi connectivity index (χ2v) is 4.85. The largest absolute Gasteiger partial charge is 0.320 e. The molecule has 2 N–H and O–H groups in total. The summed E-state index contributed by atoms with van der Waals surface area (Å²) in [6.45, 7) is 0.673. The van der Waals surface area contributed by atoms with Crippen LogP contribution in [-0.2, 0) is 10.0 Å². The van der Waals surface area contributed by atoms with Gasteiger partial charge in [0.05, 0.1) is 23.8 Å². The van der Waals surface area contributed by atoms with Crippen LogP contribution < -0.4 is 10.0 Å². The predicted molar refractivity (Wildman–Crippen MR) is 58.0 cm³/mol. The molecule has 84 valence electrons. The average molecular weight is 230 g/mol. The zero-order valence-electron chi connectivity index (χ0n) is 8.47. The molecule has 1 rings (SSSR count). The smallest absolute Gasteiger partial charge is 0.232 e. The Kier molecular flexibility index (Phi) is 4.44. The third-order valence-electron chi connectivity index (χ3n) is 1.67. The van der Waals surface area contributed by atoms with Gasteiger partial charge in [0.25, 0.3) is 0 Å². The van der Waals surface area contributed by atoms with E-state index >= 15 is 0 Å². The van der Waals surface area contributed by atoms with Gasteiger partial charge in [-0.1, -0.05) is 0 Å². The molecule has 0 fully saturated rings. The summed E-state index contributed by atoms with van der Waals surface area (Å²) in [7, 11) is -1.49. The first-order chi connectivity index (χ1) is 7.14. The molecule has 0 spiro atoms. The zero-order valence-corrected chi connectivity index (χ0v) is 9.29. The molecule has 1 aromatic rings. The molecular weight excluding hydrogens is 216 g/mol. The van der Waals surface area contributed by atoms with Crippen LogP contribution in [0.2, 0.25) is 0 Å². The molecule has 0 aliphatic heterocycles. The van der Waals surface area contributed by atoms with Crippen LogP contribution in [0.1, 0.15) is 6.42 Å². The van der Waals surface area contributed by atoms with Gasteiger partial charge in [-0.05, 0) is 20.0 Å². The molecule has 1 aromatic heterocycles. The quantitative estimate of drug-likeness (QED) is 0.663. The number of rotatable bonds is 6. The molecule has 6 nitrogen and oxygen atoms in total. The van der Waals surface area contributed by atoms with Crippen LogP contribution in [0.25, 0.3) is 0 Å². The lowest BCUT2D eigenvalue weighted by molar-refractivity contribution is 0.597. The van der Waals surface area contributed by atoms with Crippen molar-refractivity contribution in [1.82, 2.24) is 15.3 Å².